The number of hydrogen-bond acceptors (Lipinski definition) is 9. The highest BCUT2D eigenvalue weighted by Crippen LogP contribution is 2.37. The van der Waals surface area contributed by atoms with Gasteiger partial charge in [0, 0.05) is 12.1 Å². The van der Waals surface area contributed by atoms with Crippen molar-refractivity contribution in [3.05, 3.63) is 63.0 Å². The van der Waals surface area contributed by atoms with Gasteiger partial charge in [-0.05, 0) is 12.1 Å². The molecule has 4 rings (SSSR count). The average Bonchev–Trinajstić information content (AvgIpc) is 3.21. The van der Waals surface area contributed by atoms with Gasteiger partial charge in [-0.3, -0.25) is 4.98 Å². The summed E-state index contributed by atoms with van der Waals surface area (Å²) >= 11 is 6.51. The Morgan fingerprint density at radius 1 is 1.08 bits per heavy atom. The normalized spacial score (nSPS) is 11.1. The second kappa shape index (κ2) is 10.8. The molecule has 0 unspecified atom stereocenters. The van der Waals surface area contributed by atoms with Crippen LogP contribution in [0.25, 0.3) is 16.9 Å². The zero-order valence-electron chi connectivity index (χ0n) is 19.2. The summed E-state index contributed by atoms with van der Waals surface area (Å²) in [5, 5.41) is 18.8. The number of nitrogens with zero attached hydrogens (tertiary/aromatic N) is 3. The molecule has 0 saturated carbocycles. The van der Waals surface area contributed by atoms with Gasteiger partial charge >= 0.3 is 5.69 Å². The van der Waals surface area contributed by atoms with Gasteiger partial charge in [0.05, 0.1) is 37.1 Å². The molecule has 11 nitrogen and oxygen atoms in total. The number of halogens is 2. The van der Waals surface area contributed by atoms with Crippen LogP contribution in [0.4, 0.5) is 4.39 Å². The minimum Gasteiger partial charge on any atom is -0.496 e. The number of methoxy groups -OCH3 is 2. The quantitative estimate of drug-likeness (QED) is 0.287. The number of nitrogens with one attached hydrogen (secondary N) is 1. The maximum Gasteiger partial charge on any atom is 0.332 e. The number of aromatic amines is 1. The summed E-state index contributed by atoms with van der Waals surface area (Å²) in [5.74, 6) is 0.100. The fraction of sp³-hybridized carbons (Fsp3) is 0.261. The lowest BCUT2D eigenvalue weighted by Gasteiger charge is -2.17. The van der Waals surface area contributed by atoms with Crippen molar-refractivity contribution in [2.75, 3.05) is 27.4 Å². The van der Waals surface area contributed by atoms with Crippen molar-refractivity contribution in [1.29, 1.82) is 0 Å². The summed E-state index contributed by atoms with van der Waals surface area (Å²) in [6.07, 6.45) is 0. The first-order valence-electron chi connectivity index (χ1n) is 10.6. The van der Waals surface area contributed by atoms with Gasteiger partial charge in [-0.1, -0.05) is 17.7 Å². The molecular formula is C23H22ClFN4O7. The van der Waals surface area contributed by atoms with Gasteiger partial charge in [0.15, 0.2) is 23.0 Å². The molecular weight excluding hydrogens is 499 g/mol. The van der Waals surface area contributed by atoms with E-state index in [0.717, 1.165) is 4.57 Å². The van der Waals surface area contributed by atoms with Crippen LogP contribution in [-0.2, 0) is 13.2 Å². The first kappa shape index (κ1) is 25.2. The predicted octanol–water partition coefficient (Wildman–Crippen LogP) is 2.36. The minimum absolute atomic E-state index is 0.0224. The van der Waals surface area contributed by atoms with Crippen LogP contribution in [0, 0.1) is 5.82 Å². The highest BCUT2D eigenvalue weighted by Gasteiger charge is 2.21. The molecule has 0 saturated heterocycles. The number of aliphatic hydroxyl groups is 2. The van der Waals surface area contributed by atoms with E-state index in [0.29, 0.717) is 0 Å². The molecule has 0 fully saturated rings. The lowest BCUT2D eigenvalue weighted by atomic mass is 10.2. The van der Waals surface area contributed by atoms with Crippen molar-refractivity contribution < 1.29 is 33.6 Å². The zero-order chi connectivity index (χ0) is 25.8. The van der Waals surface area contributed by atoms with E-state index in [9.17, 15) is 19.4 Å². The molecule has 0 aliphatic heterocycles. The van der Waals surface area contributed by atoms with Crippen LogP contribution in [0.2, 0.25) is 5.02 Å². The molecule has 0 amide bonds. The van der Waals surface area contributed by atoms with Gasteiger partial charge in [0.25, 0.3) is 0 Å². The summed E-state index contributed by atoms with van der Waals surface area (Å²) < 4.78 is 37.5. The van der Waals surface area contributed by atoms with E-state index in [-0.39, 0.29) is 76.2 Å². The van der Waals surface area contributed by atoms with Gasteiger partial charge in [-0.25, -0.2) is 18.7 Å². The molecule has 36 heavy (non-hydrogen) atoms. The smallest absolute Gasteiger partial charge is 0.332 e. The Kier molecular flexibility index (Phi) is 7.58. The number of imidazole rings is 1. The number of rotatable bonds is 10. The Morgan fingerprint density at radius 3 is 2.56 bits per heavy atom. The van der Waals surface area contributed by atoms with Gasteiger partial charge < -0.3 is 29.2 Å². The van der Waals surface area contributed by atoms with Crippen molar-refractivity contribution in [3.8, 4) is 28.8 Å². The highest BCUT2D eigenvalue weighted by molar-refractivity contribution is 6.32. The van der Waals surface area contributed by atoms with E-state index in [4.69, 9.17) is 30.5 Å². The summed E-state index contributed by atoms with van der Waals surface area (Å²) in [6.45, 7) is -1.07. The summed E-state index contributed by atoms with van der Waals surface area (Å²) in [4.78, 5) is 23.8. The van der Waals surface area contributed by atoms with E-state index in [1.807, 2.05) is 0 Å². The third-order valence-corrected chi connectivity index (χ3v) is 5.46. The number of hydrogen-bond donors (Lipinski definition) is 3. The number of fused-ring (bicyclic) bond motifs is 1. The second-order valence-corrected chi connectivity index (χ2v) is 7.71. The van der Waals surface area contributed by atoms with Crippen LogP contribution in [0.5, 0.6) is 23.1 Å². The SMILES string of the molecule is COc1cccc(F)c1COc1cc(-n2c(=O)[nH]c3c(OC)nc(CO)nc32)c(Cl)cc1OCCO. The van der Waals surface area contributed by atoms with Crippen molar-refractivity contribution >= 4 is 22.8 Å². The molecule has 3 N–H and O–H groups in total. The number of H-pyrrole nitrogens is 1. The molecule has 2 heterocycles. The van der Waals surface area contributed by atoms with Gasteiger partial charge in [-0.15, -0.1) is 0 Å². The van der Waals surface area contributed by atoms with E-state index >= 15 is 0 Å². The topological polar surface area (TPSA) is 141 Å². The number of benzene rings is 2. The van der Waals surface area contributed by atoms with E-state index in [1.54, 1.807) is 6.07 Å². The number of aliphatic hydroxyl groups excluding tert-OH is 2. The molecule has 0 bridgehead atoms. The standard InChI is InChI=1S/C23H22ClFN4O7/c1-33-16-5-3-4-14(25)12(16)11-36-18-9-15(13(24)8-17(18)35-7-6-30)29-21-20(28-23(29)32)22(34-2)27-19(10-31)26-21/h3-5,8-9,30-31H,6-7,10-11H2,1-2H3,(H,28,32). The first-order chi connectivity index (χ1) is 17.4. The third-order valence-electron chi connectivity index (χ3n) is 5.16. The zero-order valence-corrected chi connectivity index (χ0v) is 20.0. The summed E-state index contributed by atoms with van der Waals surface area (Å²) in [7, 11) is 2.77. The second-order valence-electron chi connectivity index (χ2n) is 7.30. The maximum atomic E-state index is 14.4. The highest BCUT2D eigenvalue weighted by atomic mass is 35.5. The number of aromatic nitrogens is 4. The molecule has 0 radical (unpaired) electrons. The predicted molar refractivity (Wildman–Crippen MR) is 127 cm³/mol. The van der Waals surface area contributed by atoms with Crippen LogP contribution in [-0.4, -0.2) is 57.2 Å². The van der Waals surface area contributed by atoms with Crippen molar-refractivity contribution in [1.82, 2.24) is 19.5 Å². The molecule has 0 spiro atoms. The lowest BCUT2D eigenvalue weighted by molar-refractivity contribution is 0.191. The molecule has 4 aromatic rings. The van der Waals surface area contributed by atoms with Crippen molar-refractivity contribution in [2.24, 2.45) is 0 Å². The van der Waals surface area contributed by atoms with Crippen LogP contribution in [0.3, 0.4) is 0 Å². The van der Waals surface area contributed by atoms with Crippen molar-refractivity contribution in [3.63, 3.8) is 0 Å². The molecule has 2 aromatic heterocycles. The minimum atomic E-state index is -0.611. The van der Waals surface area contributed by atoms with Crippen molar-refractivity contribution in [2.45, 2.75) is 13.2 Å². The van der Waals surface area contributed by atoms with Crippen LogP contribution in [0.1, 0.15) is 11.4 Å². The Labute approximate surface area is 208 Å². The molecule has 13 heteroatoms. The largest absolute Gasteiger partial charge is 0.496 e. The Balaban J connectivity index is 1.85. The van der Waals surface area contributed by atoms with Crippen LogP contribution < -0.4 is 24.6 Å². The number of ether oxygens (including phenoxy) is 4. The summed E-state index contributed by atoms with van der Waals surface area (Å²) in [5.41, 5.74) is 0.00200. The average molecular weight is 521 g/mol. The molecule has 0 aliphatic carbocycles. The fourth-order valence-electron chi connectivity index (χ4n) is 3.54. The van der Waals surface area contributed by atoms with E-state index in [1.165, 1.54) is 38.5 Å². The summed E-state index contributed by atoms with van der Waals surface area (Å²) in [6, 6.07) is 7.19. The van der Waals surface area contributed by atoms with Gasteiger partial charge in [0.2, 0.25) is 5.88 Å². The van der Waals surface area contributed by atoms with Crippen LogP contribution >= 0.6 is 11.6 Å². The Bertz CT molecular complexity index is 1460. The maximum absolute atomic E-state index is 14.4. The Morgan fingerprint density at radius 2 is 1.86 bits per heavy atom. The molecule has 0 atom stereocenters. The van der Waals surface area contributed by atoms with E-state index < -0.39 is 18.1 Å². The third kappa shape index (κ3) is 4.78. The first-order valence-corrected chi connectivity index (χ1v) is 11.0. The Hall–Kier alpha value is -3.87. The van der Waals surface area contributed by atoms with Gasteiger partial charge in [-0.2, -0.15) is 4.98 Å². The molecule has 2 aromatic carbocycles. The fourth-order valence-corrected chi connectivity index (χ4v) is 3.78. The van der Waals surface area contributed by atoms with Crippen LogP contribution in [0.15, 0.2) is 35.1 Å². The monoisotopic (exact) mass is 520 g/mol. The van der Waals surface area contributed by atoms with Gasteiger partial charge in [0.1, 0.15) is 36.9 Å². The molecule has 0 aliphatic rings. The molecule has 190 valence electrons. The lowest BCUT2D eigenvalue weighted by Crippen LogP contribution is -2.16. The van der Waals surface area contributed by atoms with E-state index in [2.05, 4.69) is 15.0 Å².